The Bertz CT molecular complexity index is 950. The summed E-state index contributed by atoms with van der Waals surface area (Å²) in [5.74, 6) is -1.34. The van der Waals surface area contributed by atoms with E-state index in [1.54, 1.807) is 0 Å². The van der Waals surface area contributed by atoms with Gasteiger partial charge in [-0.1, -0.05) is 62.4 Å². The molecule has 29 heavy (non-hydrogen) atoms. The van der Waals surface area contributed by atoms with E-state index in [0.29, 0.717) is 11.3 Å². The normalized spacial score (nSPS) is 15.4. The molecule has 2 aromatic rings. The predicted molar refractivity (Wildman–Crippen MR) is 112 cm³/mol. The third-order valence-corrected chi connectivity index (χ3v) is 4.83. The van der Waals surface area contributed by atoms with Gasteiger partial charge in [-0.15, -0.1) is 0 Å². The molecule has 0 radical (unpaired) electrons. The second kappa shape index (κ2) is 8.73. The molecule has 0 bridgehead atoms. The van der Waals surface area contributed by atoms with E-state index in [1.807, 2.05) is 74.5 Å². The second-order valence-corrected chi connectivity index (χ2v) is 7.14. The number of nitrogens with zero attached hydrogens (tertiary/aromatic N) is 1. The van der Waals surface area contributed by atoms with Crippen molar-refractivity contribution in [3.8, 4) is 0 Å². The van der Waals surface area contributed by atoms with Gasteiger partial charge in [0, 0.05) is 11.1 Å². The maximum atomic E-state index is 13.4. The van der Waals surface area contributed by atoms with Crippen molar-refractivity contribution >= 4 is 35.1 Å². The van der Waals surface area contributed by atoms with Gasteiger partial charge in [-0.25, -0.2) is 0 Å². The van der Waals surface area contributed by atoms with Crippen LogP contribution in [0.1, 0.15) is 25.0 Å². The zero-order valence-corrected chi connectivity index (χ0v) is 16.7. The summed E-state index contributed by atoms with van der Waals surface area (Å²) in [4.78, 5) is 39.2. The van der Waals surface area contributed by atoms with Crippen LogP contribution in [0.15, 0.2) is 54.6 Å². The zero-order valence-electron chi connectivity index (χ0n) is 16.7. The van der Waals surface area contributed by atoms with Crippen LogP contribution in [-0.4, -0.2) is 37.5 Å². The van der Waals surface area contributed by atoms with Crippen LogP contribution in [0.3, 0.4) is 0 Å². The van der Waals surface area contributed by atoms with E-state index in [2.05, 4.69) is 10.1 Å². The first-order chi connectivity index (χ1) is 13.9. The van der Waals surface area contributed by atoms with Crippen LogP contribution in [0.5, 0.6) is 0 Å². The molecule has 0 aliphatic carbocycles. The van der Waals surface area contributed by atoms with Gasteiger partial charge in [0.25, 0.3) is 5.91 Å². The van der Waals surface area contributed by atoms with Gasteiger partial charge in [0.1, 0.15) is 12.6 Å². The Labute approximate surface area is 170 Å². The topological polar surface area (TPSA) is 75.7 Å². The minimum absolute atomic E-state index is 0.166. The molecule has 150 valence electrons. The van der Waals surface area contributed by atoms with Crippen molar-refractivity contribution < 1.29 is 19.1 Å². The Balaban J connectivity index is 1.99. The Morgan fingerprint density at radius 2 is 1.72 bits per heavy atom. The van der Waals surface area contributed by atoms with E-state index in [4.69, 9.17) is 0 Å². The van der Waals surface area contributed by atoms with Crippen LogP contribution < -0.4 is 10.2 Å². The van der Waals surface area contributed by atoms with Crippen LogP contribution in [-0.2, 0) is 19.1 Å². The molecular weight excluding hydrogens is 368 g/mol. The number of methoxy groups -OCH3 is 1. The van der Waals surface area contributed by atoms with Crippen molar-refractivity contribution in [1.29, 1.82) is 0 Å². The fourth-order valence-electron chi connectivity index (χ4n) is 3.45. The van der Waals surface area contributed by atoms with Gasteiger partial charge in [0.15, 0.2) is 0 Å². The van der Waals surface area contributed by atoms with E-state index in [0.717, 1.165) is 11.1 Å². The largest absolute Gasteiger partial charge is 0.468 e. The fraction of sp³-hybridized carbons (Fsp3) is 0.261. The standard InChI is InChI=1S/C23H24N2O4/c1-15(2)21(22(27)24-14-20(26)29-3)25-19-12-8-7-11-17(19)18(23(25)28)13-16-9-5-4-6-10-16/h4-13,15,21H,14H2,1-3H3,(H,24,27)/b18-13+. The minimum Gasteiger partial charge on any atom is -0.468 e. The third-order valence-electron chi connectivity index (χ3n) is 4.83. The first-order valence-corrected chi connectivity index (χ1v) is 9.48. The average molecular weight is 392 g/mol. The SMILES string of the molecule is COC(=O)CNC(=O)C(C(C)C)N1C(=O)/C(=C/c2ccccc2)c2ccccc21. The maximum absolute atomic E-state index is 13.4. The van der Waals surface area contributed by atoms with E-state index >= 15 is 0 Å². The maximum Gasteiger partial charge on any atom is 0.325 e. The molecule has 0 saturated heterocycles. The summed E-state index contributed by atoms with van der Waals surface area (Å²) >= 11 is 0. The molecule has 1 N–H and O–H groups in total. The van der Waals surface area contributed by atoms with Crippen molar-refractivity contribution in [2.75, 3.05) is 18.6 Å². The third kappa shape index (κ3) is 4.21. The Hall–Kier alpha value is -3.41. The highest BCUT2D eigenvalue weighted by atomic mass is 16.5. The number of anilines is 1. The molecule has 2 amide bonds. The number of carbonyl (C=O) groups excluding carboxylic acids is 3. The molecular formula is C23H24N2O4. The van der Waals surface area contributed by atoms with Gasteiger partial charge in [0.05, 0.1) is 12.8 Å². The number of hydrogen-bond acceptors (Lipinski definition) is 4. The summed E-state index contributed by atoms with van der Waals surface area (Å²) in [5.41, 5.74) is 2.92. The summed E-state index contributed by atoms with van der Waals surface area (Å²) in [7, 11) is 1.26. The molecule has 1 aliphatic rings. The summed E-state index contributed by atoms with van der Waals surface area (Å²) in [6, 6.07) is 16.3. The molecule has 6 nitrogen and oxygen atoms in total. The molecule has 6 heteroatoms. The molecule has 0 saturated carbocycles. The van der Waals surface area contributed by atoms with Crippen molar-refractivity contribution in [2.45, 2.75) is 19.9 Å². The number of fused-ring (bicyclic) bond motifs is 1. The summed E-state index contributed by atoms with van der Waals surface area (Å²) in [6.45, 7) is 3.50. The van der Waals surface area contributed by atoms with Crippen molar-refractivity contribution in [1.82, 2.24) is 5.32 Å². The molecule has 1 aliphatic heterocycles. The van der Waals surface area contributed by atoms with Gasteiger partial charge in [-0.3, -0.25) is 19.3 Å². The number of hydrogen-bond donors (Lipinski definition) is 1. The number of nitrogens with one attached hydrogen (secondary N) is 1. The minimum atomic E-state index is -0.755. The number of amides is 2. The van der Waals surface area contributed by atoms with Gasteiger partial charge < -0.3 is 10.1 Å². The summed E-state index contributed by atoms with van der Waals surface area (Å²) in [6.07, 6.45) is 1.84. The second-order valence-electron chi connectivity index (χ2n) is 7.14. The average Bonchev–Trinajstić information content (AvgIpc) is 2.99. The number of esters is 1. The fourth-order valence-corrected chi connectivity index (χ4v) is 3.45. The van der Waals surface area contributed by atoms with E-state index in [1.165, 1.54) is 12.0 Å². The number of ether oxygens (including phenoxy) is 1. The van der Waals surface area contributed by atoms with Crippen LogP contribution >= 0.6 is 0 Å². The van der Waals surface area contributed by atoms with Crippen molar-refractivity contribution in [3.63, 3.8) is 0 Å². The highest BCUT2D eigenvalue weighted by molar-refractivity contribution is 6.36. The van der Waals surface area contributed by atoms with Crippen LogP contribution in [0.25, 0.3) is 11.6 Å². The lowest BCUT2D eigenvalue weighted by Gasteiger charge is -2.30. The first kappa shape index (κ1) is 20.3. The van der Waals surface area contributed by atoms with Gasteiger partial charge in [-0.05, 0) is 23.6 Å². The summed E-state index contributed by atoms with van der Waals surface area (Å²) in [5, 5.41) is 2.58. The molecule has 1 atom stereocenters. The molecule has 2 aromatic carbocycles. The van der Waals surface area contributed by atoms with Crippen LogP contribution in [0.4, 0.5) is 5.69 Å². The van der Waals surface area contributed by atoms with E-state index in [9.17, 15) is 14.4 Å². The lowest BCUT2D eigenvalue weighted by Crippen LogP contribution is -2.52. The van der Waals surface area contributed by atoms with Gasteiger partial charge in [0.2, 0.25) is 5.91 Å². The Morgan fingerprint density at radius 1 is 1.07 bits per heavy atom. The molecule has 1 heterocycles. The number of rotatable bonds is 6. The van der Waals surface area contributed by atoms with E-state index < -0.39 is 17.9 Å². The van der Waals surface area contributed by atoms with Crippen LogP contribution in [0.2, 0.25) is 0 Å². The number of para-hydroxylation sites is 1. The van der Waals surface area contributed by atoms with Crippen molar-refractivity contribution in [2.24, 2.45) is 5.92 Å². The van der Waals surface area contributed by atoms with Crippen LogP contribution in [0, 0.1) is 5.92 Å². The number of benzene rings is 2. The molecule has 3 rings (SSSR count). The highest BCUT2D eigenvalue weighted by Gasteiger charge is 2.41. The lowest BCUT2D eigenvalue weighted by atomic mass is 10.0. The molecule has 0 fully saturated rings. The lowest BCUT2D eigenvalue weighted by molar-refractivity contribution is -0.141. The monoisotopic (exact) mass is 392 g/mol. The van der Waals surface area contributed by atoms with Crippen molar-refractivity contribution in [3.05, 3.63) is 65.7 Å². The van der Waals surface area contributed by atoms with Gasteiger partial charge in [-0.2, -0.15) is 0 Å². The molecule has 0 spiro atoms. The Kier molecular flexibility index (Phi) is 6.12. The zero-order chi connectivity index (χ0) is 21.0. The quantitative estimate of drug-likeness (QED) is 0.606. The number of carbonyl (C=O) groups is 3. The highest BCUT2D eigenvalue weighted by Crippen LogP contribution is 2.40. The molecule has 1 unspecified atom stereocenters. The van der Waals surface area contributed by atoms with Gasteiger partial charge >= 0.3 is 5.97 Å². The predicted octanol–water partition coefficient (Wildman–Crippen LogP) is 2.89. The first-order valence-electron chi connectivity index (χ1n) is 9.48. The smallest absolute Gasteiger partial charge is 0.325 e. The summed E-state index contributed by atoms with van der Waals surface area (Å²) < 4.78 is 4.58. The molecule has 0 aromatic heterocycles. The van der Waals surface area contributed by atoms with E-state index in [-0.39, 0.29) is 18.4 Å². The Morgan fingerprint density at radius 3 is 2.38 bits per heavy atom.